The van der Waals surface area contributed by atoms with Crippen molar-refractivity contribution in [3.63, 3.8) is 0 Å². The third-order valence-corrected chi connectivity index (χ3v) is 2.20. The van der Waals surface area contributed by atoms with Crippen LogP contribution >= 0.6 is 15.9 Å². The summed E-state index contributed by atoms with van der Waals surface area (Å²) in [6, 6.07) is 1.61. The van der Waals surface area contributed by atoms with E-state index in [-0.39, 0.29) is 18.1 Å². The van der Waals surface area contributed by atoms with Crippen molar-refractivity contribution in [2.45, 2.75) is 6.42 Å². The molecule has 0 fully saturated rings. The molecule has 1 N–H and O–H groups in total. The van der Waals surface area contributed by atoms with Crippen LogP contribution in [0.25, 0.3) is 0 Å². The van der Waals surface area contributed by atoms with Gasteiger partial charge in [0.25, 0.3) is 0 Å². The second kappa shape index (κ2) is 2.92. The van der Waals surface area contributed by atoms with Crippen LogP contribution in [0.1, 0.15) is 16.8 Å². The molecule has 1 aromatic heterocycles. The average molecular weight is 241 g/mol. The molecule has 0 unspecified atom stereocenters. The Kier molecular flexibility index (Phi) is 1.88. The highest BCUT2D eigenvalue weighted by molar-refractivity contribution is 9.10. The van der Waals surface area contributed by atoms with Crippen LogP contribution in [0.3, 0.4) is 0 Å². The fourth-order valence-corrected chi connectivity index (χ4v) is 1.53. The zero-order chi connectivity index (χ0) is 9.42. The quantitative estimate of drug-likeness (QED) is 0.551. The first-order chi connectivity index (χ1) is 6.16. The minimum atomic E-state index is -0.276. The molecule has 13 heavy (non-hydrogen) atoms. The van der Waals surface area contributed by atoms with Gasteiger partial charge in [-0.3, -0.25) is 9.59 Å². The lowest BCUT2D eigenvalue weighted by Crippen LogP contribution is -2.24. The summed E-state index contributed by atoms with van der Waals surface area (Å²) in [6.07, 6.45) is 1.39. The summed E-state index contributed by atoms with van der Waals surface area (Å²) in [5.41, 5.74) is 1.01. The number of carbonyl (C=O) groups excluding carboxylic acids is 2. The Balaban J connectivity index is 2.55. The second-order valence-corrected chi connectivity index (χ2v) is 3.51. The minimum absolute atomic E-state index is 0.0799. The van der Waals surface area contributed by atoms with Gasteiger partial charge in [0.2, 0.25) is 5.91 Å². The van der Waals surface area contributed by atoms with Gasteiger partial charge in [0, 0.05) is 5.56 Å². The molecule has 2 rings (SSSR count). The summed E-state index contributed by atoms with van der Waals surface area (Å²) < 4.78 is 0.593. The van der Waals surface area contributed by atoms with E-state index < -0.39 is 0 Å². The van der Waals surface area contributed by atoms with Crippen LogP contribution in [0.5, 0.6) is 0 Å². The molecular formula is C8H5BrN2O2. The number of ketones is 1. The second-order valence-electron chi connectivity index (χ2n) is 2.70. The van der Waals surface area contributed by atoms with E-state index in [0.717, 1.165) is 0 Å². The number of rotatable bonds is 0. The summed E-state index contributed by atoms with van der Waals surface area (Å²) in [4.78, 5) is 26.2. The largest absolute Gasteiger partial charge is 0.324 e. The number of amides is 1. The Morgan fingerprint density at radius 1 is 1.46 bits per heavy atom. The van der Waals surface area contributed by atoms with Crippen molar-refractivity contribution in [2.75, 3.05) is 5.32 Å². The summed E-state index contributed by atoms with van der Waals surface area (Å²) >= 11 is 3.16. The Hall–Kier alpha value is -1.23. The maximum Gasteiger partial charge on any atom is 0.232 e. The molecule has 0 spiro atoms. The fraction of sp³-hybridized carbons (Fsp3) is 0.125. The van der Waals surface area contributed by atoms with E-state index in [1.165, 1.54) is 6.20 Å². The minimum Gasteiger partial charge on any atom is -0.324 e. The number of aromatic nitrogens is 1. The van der Waals surface area contributed by atoms with Gasteiger partial charge in [0.1, 0.15) is 4.60 Å². The van der Waals surface area contributed by atoms with Crippen LogP contribution in [0.4, 0.5) is 5.69 Å². The number of anilines is 1. The summed E-state index contributed by atoms with van der Waals surface area (Å²) in [6.45, 7) is 0. The molecule has 2 heterocycles. The number of halogens is 1. The molecule has 1 aliphatic heterocycles. The fourth-order valence-electron chi connectivity index (χ4n) is 1.20. The highest BCUT2D eigenvalue weighted by Gasteiger charge is 2.22. The van der Waals surface area contributed by atoms with Crippen molar-refractivity contribution >= 4 is 33.3 Å². The smallest absolute Gasteiger partial charge is 0.232 e. The predicted molar refractivity (Wildman–Crippen MR) is 49.5 cm³/mol. The van der Waals surface area contributed by atoms with E-state index in [0.29, 0.717) is 15.9 Å². The van der Waals surface area contributed by atoms with Crippen molar-refractivity contribution in [2.24, 2.45) is 0 Å². The van der Waals surface area contributed by atoms with Gasteiger partial charge in [-0.25, -0.2) is 4.98 Å². The Labute approximate surface area is 82.5 Å². The van der Waals surface area contributed by atoms with Gasteiger partial charge in [0.05, 0.1) is 18.3 Å². The van der Waals surface area contributed by atoms with E-state index in [9.17, 15) is 9.59 Å². The van der Waals surface area contributed by atoms with Gasteiger partial charge in [-0.2, -0.15) is 0 Å². The van der Waals surface area contributed by atoms with Crippen molar-refractivity contribution in [1.82, 2.24) is 4.98 Å². The van der Waals surface area contributed by atoms with Gasteiger partial charge in [-0.05, 0) is 22.0 Å². The summed E-state index contributed by atoms with van der Waals surface area (Å²) in [7, 11) is 0. The lowest BCUT2D eigenvalue weighted by molar-refractivity contribution is -0.115. The van der Waals surface area contributed by atoms with E-state index in [1.54, 1.807) is 6.07 Å². The SMILES string of the molecule is O=C1CC(=O)c2cc(Br)ncc2N1. The first kappa shape index (κ1) is 8.37. The van der Waals surface area contributed by atoms with Crippen LogP contribution in [-0.2, 0) is 4.79 Å². The van der Waals surface area contributed by atoms with Gasteiger partial charge < -0.3 is 5.32 Å². The van der Waals surface area contributed by atoms with E-state index in [2.05, 4.69) is 26.2 Å². The van der Waals surface area contributed by atoms with Crippen molar-refractivity contribution < 1.29 is 9.59 Å². The van der Waals surface area contributed by atoms with Gasteiger partial charge >= 0.3 is 0 Å². The van der Waals surface area contributed by atoms with Crippen LogP contribution in [0.2, 0.25) is 0 Å². The number of pyridine rings is 1. The molecule has 0 aromatic carbocycles. The molecule has 66 valence electrons. The maximum atomic E-state index is 11.3. The molecule has 0 saturated heterocycles. The maximum absolute atomic E-state index is 11.3. The monoisotopic (exact) mass is 240 g/mol. The number of fused-ring (bicyclic) bond motifs is 1. The van der Waals surface area contributed by atoms with Gasteiger partial charge in [0.15, 0.2) is 5.78 Å². The van der Waals surface area contributed by atoms with E-state index in [1.807, 2.05) is 0 Å². The van der Waals surface area contributed by atoms with Crippen LogP contribution in [0.15, 0.2) is 16.9 Å². The topological polar surface area (TPSA) is 59.1 Å². The summed E-state index contributed by atoms with van der Waals surface area (Å²) in [5, 5.41) is 2.57. The molecule has 0 atom stereocenters. The number of nitrogens with one attached hydrogen (secondary N) is 1. The molecule has 1 aliphatic rings. The zero-order valence-corrected chi connectivity index (χ0v) is 8.09. The molecule has 0 radical (unpaired) electrons. The molecule has 4 nitrogen and oxygen atoms in total. The van der Waals surface area contributed by atoms with Gasteiger partial charge in [-0.1, -0.05) is 0 Å². The molecule has 5 heteroatoms. The molecule has 0 aliphatic carbocycles. The Morgan fingerprint density at radius 3 is 3.00 bits per heavy atom. The lowest BCUT2D eigenvalue weighted by Gasteiger charge is -2.14. The van der Waals surface area contributed by atoms with Crippen LogP contribution in [-0.4, -0.2) is 16.7 Å². The van der Waals surface area contributed by atoms with Gasteiger partial charge in [-0.15, -0.1) is 0 Å². The molecule has 0 saturated carbocycles. The molecule has 1 amide bonds. The Bertz CT molecular complexity index is 403. The molecular weight excluding hydrogens is 236 g/mol. The third-order valence-electron chi connectivity index (χ3n) is 1.77. The van der Waals surface area contributed by atoms with Crippen LogP contribution < -0.4 is 5.32 Å². The summed E-state index contributed by atoms with van der Waals surface area (Å²) in [5.74, 6) is -0.441. The highest BCUT2D eigenvalue weighted by Crippen LogP contribution is 2.23. The number of hydrogen-bond acceptors (Lipinski definition) is 3. The number of Topliss-reactive ketones (excluding diaryl/α,β-unsaturated/α-hetero) is 1. The number of hydrogen-bond donors (Lipinski definition) is 1. The zero-order valence-electron chi connectivity index (χ0n) is 6.50. The first-order valence-corrected chi connectivity index (χ1v) is 4.45. The lowest BCUT2D eigenvalue weighted by atomic mass is 10.0. The van der Waals surface area contributed by atoms with E-state index >= 15 is 0 Å². The number of carbonyl (C=O) groups is 2. The Morgan fingerprint density at radius 2 is 2.23 bits per heavy atom. The molecule has 0 bridgehead atoms. The average Bonchev–Trinajstić information content (AvgIpc) is 2.06. The third kappa shape index (κ3) is 1.47. The van der Waals surface area contributed by atoms with Crippen molar-refractivity contribution in [1.29, 1.82) is 0 Å². The number of nitrogens with zero attached hydrogens (tertiary/aromatic N) is 1. The standard InChI is InChI=1S/C8H5BrN2O2/c9-7-1-4-5(3-10-7)11-8(13)2-6(4)12/h1,3H,2H2,(H,11,13). The van der Waals surface area contributed by atoms with Crippen molar-refractivity contribution in [3.05, 3.63) is 22.4 Å². The molecule has 1 aromatic rings. The predicted octanol–water partition coefficient (Wildman–Crippen LogP) is 1.37. The first-order valence-electron chi connectivity index (χ1n) is 3.65. The normalized spacial score (nSPS) is 15.2. The van der Waals surface area contributed by atoms with Crippen LogP contribution in [0, 0.1) is 0 Å². The van der Waals surface area contributed by atoms with E-state index in [4.69, 9.17) is 0 Å². The highest BCUT2D eigenvalue weighted by atomic mass is 79.9. The van der Waals surface area contributed by atoms with Crippen molar-refractivity contribution in [3.8, 4) is 0 Å².